The molecule has 0 spiro atoms. The molecule has 0 bridgehead atoms. The summed E-state index contributed by atoms with van der Waals surface area (Å²) in [5.74, 6) is -7.87. The third kappa shape index (κ3) is 3.16. The molecule has 3 aliphatic rings. The van der Waals surface area contributed by atoms with Crippen LogP contribution in [0.2, 0.25) is 0 Å². The molecule has 0 aliphatic heterocycles. The van der Waals surface area contributed by atoms with E-state index in [2.05, 4.69) is 0 Å². The van der Waals surface area contributed by atoms with Gasteiger partial charge >= 0.3 is 0 Å². The van der Waals surface area contributed by atoms with Crippen molar-refractivity contribution in [1.29, 1.82) is 0 Å². The minimum atomic E-state index is -2.84. The van der Waals surface area contributed by atoms with E-state index < -0.39 is 75.4 Å². The molecule has 1 aromatic carbocycles. The Labute approximate surface area is 209 Å². The molecule has 6 atom stereocenters. The van der Waals surface area contributed by atoms with Crippen LogP contribution in [0.1, 0.15) is 62.0 Å². The van der Waals surface area contributed by atoms with E-state index in [0.29, 0.717) is 11.1 Å². The predicted octanol–water partition coefficient (Wildman–Crippen LogP) is 2.05. The Bertz CT molecular complexity index is 1270. The van der Waals surface area contributed by atoms with Gasteiger partial charge in [0.1, 0.15) is 22.8 Å². The summed E-state index contributed by atoms with van der Waals surface area (Å²) in [4.78, 5) is 41.0. The molecular formula is C27H33NO8. The van der Waals surface area contributed by atoms with Gasteiger partial charge in [0, 0.05) is 17.1 Å². The van der Waals surface area contributed by atoms with Gasteiger partial charge in [-0.05, 0) is 37.9 Å². The summed E-state index contributed by atoms with van der Waals surface area (Å²) < 4.78 is 0. The van der Waals surface area contributed by atoms with E-state index >= 15 is 0 Å². The van der Waals surface area contributed by atoms with Gasteiger partial charge in [0.25, 0.3) is 0 Å². The highest BCUT2D eigenvalue weighted by atomic mass is 16.4. The minimum Gasteiger partial charge on any atom is -0.510 e. The molecule has 0 saturated carbocycles. The van der Waals surface area contributed by atoms with Gasteiger partial charge < -0.3 is 25.5 Å². The van der Waals surface area contributed by atoms with Crippen molar-refractivity contribution in [3.63, 3.8) is 0 Å². The standard InChI is InChI=1S/C27H33NO8/c1-10-12-8-9-13(26(3,4)5)20(30)16(12)21(31)17-14(10)22(32)18-19(28(6)7)23(33)15(11(2)29)24(34)27(18,36)25(17)35/h8-10,14,18-19,22,30,32-33,35-36H,1-7H3/t10-,14?,18?,19-,22-,27+/m0/s1. The van der Waals surface area contributed by atoms with Crippen LogP contribution in [0, 0.1) is 11.8 Å². The first-order valence-corrected chi connectivity index (χ1v) is 11.9. The second-order valence-electron chi connectivity index (χ2n) is 11.4. The number of phenolic OH excluding ortho intramolecular Hbond substituents is 1. The zero-order valence-corrected chi connectivity index (χ0v) is 21.4. The lowest BCUT2D eigenvalue weighted by Gasteiger charge is -2.53. The van der Waals surface area contributed by atoms with Crippen LogP contribution >= 0.6 is 0 Å². The number of Topliss-reactive ketones (excluding diaryl/α,β-unsaturated/α-hetero) is 3. The molecule has 194 valence electrons. The highest BCUT2D eigenvalue weighted by Gasteiger charge is 2.67. The van der Waals surface area contributed by atoms with Crippen molar-refractivity contribution in [1.82, 2.24) is 4.90 Å². The lowest BCUT2D eigenvalue weighted by molar-refractivity contribution is -0.162. The zero-order chi connectivity index (χ0) is 27.2. The van der Waals surface area contributed by atoms with Crippen LogP contribution < -0.4 is 0 Å². The van der Waals surface area contributed by atoms with E-state index in [1.807, 2.05) is 20.8 Å². The summed E-state index contributed by atoms with van der Waals surface area (Å²) in [6.45, 7) is 8.37. The smallest absolute Gasteiger partial charge is 0.209 e. The number of ketones is 3. The number of aliphatic hydroxyl groups is 4. The maximum absolute atomic E-state index is 13.8. The monoisotopic (exact) mass is 499 g/mol. The molecule has 0 heterocycles. The Kier molecular flexibility index (Phi) is 5.79. The molecule has 9 nitrogen and oxygen atoms in total. The number of carbonyl (C=O) groups is 3. The number of nitrogens with zero attached hydrogens (tertiary/aromatic N) is 1. The SMILES string of the molecule is CC(=O)C1=C(O)[C@@H](N(C)C)C2[C@@H](O)C3C(=C(O)[C@]2(O)C1=O)C(=O)c1c(ccc(C(C)(C)C)c1O)[C@@H]3C. The molecule has 2 unspecified atom stereocenters. The van der Waals surface area contributed by atoms with Crippen molar-refractivity contribution in [3.8, 4) is 5.75 Å². The largest absolute Gasteiger partial charge is 0.510 e. The number of likely N-dealkylation sites (N-methyl/N-ethyl adjacent to an activating group) is 1. The average molecular weight is 500 g/mol. The quantitative estimate of drug-likeness (QED) is 0.384. The van der Waals surface area contributed by atoms with Gasteiger partial charge in [-0.2, -0.15) is 0 Å². The summed E-state index contributed by atoms with van der Waals surface area (Å²) in [5, 5.41) is 56.8. The van der Waals surface area contributed by atoms with Gasteiger partial charge in [-0.25, -0.2) is 0 Å². The number of hydrogen-bond acceptors (Lipinski definition) is 9. The third-order valence-corrected chi connectivity index (χ3v) is 8.04. The van der Waals surface area contributed by atoms with Gasteiger partial charge in [-0.1, -0.05) is 39.8 Å². The van der Waals surface area contributed by atoms with Gasteiger partial charge in [0.2, 0.25) is 5.78 Å². The van der Waals surface area contributed by atoms with Crippen molar-refractivity contribution in [2.45, 2.75) is 63.7 Å². The van der Waals surface area contributed by atoms with E-state index in [9.17, 15) is 39.9 Å². The highest BCUT2D eigenvalue weighted by molar-refractivity contribution is 6.25. The number of carbonyl (C=O) groups excluding carboxylic acids is 3. The van der Waals surface area contributed by atoms with Crippen LogP contribution in [0.4, 0.5) is 0 Å². The van der Waals surface area contributed by atoms with Crippen LogP contribution in [0.3, 0.4) is 0 Å². The molecule has 1 aromatic rings. The van der Waals surface area contributed by atoms with E-state index in [1.165, 1.54) is 19.0 Å². The average Bonchev–Trinajstić information content (AvgIpc) is 2.75. The van der Waals surface area contributed by atoms with E-state index in [1.54, 1.807) is 19.1 Å². The summed E-state index contributed by atoms with van der Waals surface area (Å²) in [6.07, 6.45) is -1.57. The zero-order valence-electron chi connectivity index (χ0n) is 21.4. The fourth-order valence-corrected chi connectivity index (χ4v) is 6.33. The Balaban J connectivity index is 2.05. The van der Waals surface area contributed by atoms with E-state index in [0.717, 1.165) is 6.92 Å². The normalized spacial score (nSPS) is 32.4. The molecular weight excluding hydrogens is 466 g/mol. The second kappa shape index (κ2) is 7.99. The fourth-order valence-electron chi connectivity index (χ4n) is 6.33. The van der Waals surface area contributed by atoms with Crippen molar-refractivity contribution in [3.05, 3.63) is 51.5 Å². The number of benzene rings is 1. The Morgan fingerprint density at radius 2 is 1.67 bits per heavy atom. The lowest BCUT2D eigenvalue weighted by Crippen LogP contribution is -2.68. The van der Waals surface area contributed by atoms with Crippen molar-refractivity contribution in [2.24, 2.45) is 11.8 Å². The summed E-state index contributed by atoms with van der Waals surface area (Å²) in [5.41, 5.74) is -3.51. The van der Waals surface area contributed by atoms with Crippen molar-refractivity contribution >= 4 is 17.3 Å². The lowest BCUT2D eigenvalue weighted by atomic mass is 9.55. The minimum absolute atomic E-state index is 0.0560. The number of hydrogen-bond donors (Lipinski definition) is 5. The molecule has 5 N–H and O–H groups in total. The van der Waals surface area contributed by atoms with Gasteiger partial charge in [-0.3, -0.25) is 19.3 Å². The molecule has 3 aliphatic carbocycles. The van der Waals surface area contributed by atoms with E-state index in [4.69, 9.17) is 0 Å². The Morgan fingerprint density at radius 3 is 2.17 bits per heavy atom. The summed E-state index contributed by atoms with van der Waals surface area (Å²) in [6, 6.07) is 2.23. The third-order valence-electron chi connectivity index (χ3n) is 8.04. The molecule has 0 amide bonds. The molecule has 0 radical (unpaired) electrons. The molecule has 9 heteroatoms. The highest BCUT2D eigenvalue weighted by Crippen LogP contribution is 2.56. The molecule has 0 saturated heterocycles. The summed E-state index contributed by atoms with van der Waals surface area (Å²) >= 11 is 0. The maximum atomic E-state index is 13.8. The van der Waals surface area contributed by atoms with Crippen LogP contribution in [0.25, 0.3) is 0 Å². The van der Waals surface area contributed by atoms with Crippen LogP contribution in [0.15, 0.2) is 34.8 Å². The second-order valence-corrected chi connectivity index (χ2v) is 11.4. The predicted molar refractivity (Wildman–Crippen MR) is 130 cm³/mol. The molecule has 36 heavy (non-hydrogen) atoms. The molecule has 4 rings (SSSR count). The molecule has 0 aromatic heterocycles. The van der Waals surface area contributed by atoms with Gasteiger partial charge in [0.05, 0.1) is 23.6 Å². The molecule has 0 fully saturated rings. The van der Waals surface area contributed by atoms with Crippen molar-refractivity contribution in [2.75, 3.05) is 14.1 Å². The maximum Gasteiger partial charge on any atom is 0.209 e. The summed E-state index contributed by atoms with van der Waals surface area (Å²) in [7, 11) is 3.07. The van der Waals surface area contributed by atoms with Gasteiger partial charge in [-0.15, -0.1) is 0 Å². The Morgan fingerprint density at radius 1 is 1.08 bits per heavy atom. The number of phenols is 1. The number of fused-ring (bicyclic) bond motifs is 3. The topological polar surface area (TPSA) is 156 Å². The first-order chi connectivity index (χ1) is 16.5. The van der Waals surface area contributed by atoms with Crippen molar-refractivity contribution < 1.29 is 39.9 Å². The van der Waals surface area contributed by atoms with Crippen LogP contribution in [-0.4, -0.2) is 79.6 Å². The fraction of sp³-hybridized carbons (Fsp3) is 0.519. The number of aliphatic hydroxyl groups excluding tert-OH is 3. The number of aromatic hydroxyl groups is 1. The Hall–Kier alpha value is -3.01. The van der Waals surface area contributed by atoms with Crippen LogP contribution in [0.5, 0.6) is 5.75 Å². The van der Waals surface area contributed by atoms with Crippen LogP contribution in [-0.2, 0) is 15.0 Å². The number of rotatable bonds is 2. The van der Waals surface area contributed by atoms with Gasteiger partial charge in [0.15, 0.2) is 17.2 Å². The van der Waals surface area contributed by atoms with E-state index in [-0.39, 0.29) is 16.9 Å². The first kappa shape index (κ1) is 26.1. The first-order valence-electron chi connectivity index (χ1n) is 11.9.